The van der Waals surface area contributed by atoms with Gasteiger partial charge in [-0.1, -0.05) is 23.7 Å². The van der Waals surface area contributed by atoms with Crippen LogP contribution >= 0.6 is 11.6 Å². The summed E-state index contributed by atoms with van der Waals surface area (Å²) in [4.78, 5) is 12.4. The van der Waals surface area contributed by atoms with Crippen LogP contribution in [0.3, 0.4) is 0 Å². The summed E-state index contributed by atoms with van der Waals surface area (Å²) in [5, 5.41) is 2.98. The number of methoxy groups -OCH3 is 1. The van der Waals surface area contributed by atoms with Crippen molar-refractivity contribution in [3.05, 3.63) is 58.9 Å². The Morgan fingerprint density at radius 2 is 1.86 bits per heavy atom. The van der Waals surface area contributed by atoms with E-state index in [2.05, 4.69) is 5.32 Å². The molecule has 1 saturated heterocycles. The summed E-state index contributed by atoms with van der Waals surface area (Å²) in [6, 6.07) is 10.4. The minimum absolute atomic E-state index is 0.120. The molecule has 0 unspecified atom stereocenters. The highest BCUT2D eigenvalue weighted by Gasteiger charge is 2.34. The zero-order chi connectivity index (χ0) is 21.0. The van der Waals surface area contributed by atoms with Crippen molar-refractivity contribution < 1.29 is 22.3 Å². The first-order valence-corrected chi connectivity index (χ1v) is 10.7. The lowest BCUT2D eigenvalue weighted by molar-refractivity contribution is -0.116. The molecule has 2 aromatic carbocycles. The Labute approximate surface area is 174 Å². The highest BCUT2D eigenvalue weighted by Crippen LogP contribution is 2.27. The average molecular weight is 442 g/mol. The van der Waals surface area contributed by atoms with E-state index in [1.807, 2.05) is 0 Å². The number of hydrogen-bond donors (Lipinski definition) is 1. The Bertz CT molecular complexity index is 985. The number of rotatable bonds is 6. The van der Waals surface area contributed by atoms with Gasteiger partial charge in [-0.05, 0) is 42.3 Å². The maximum absolute atomic E-state index is 13.1. The second-order valence-electron chi connectivity index (χ2n) is 6.55. The van der Waals surface area contributed by atoms with E-state index in [0.717, 1.165) is 4.31 Å². The third kappa shape index (κ3) is 5.24. The summed E-state index contributed by atoms with van der Waals surface area (Å²) < 4.78 is 46.3. The molecule has 1 aliphatic heterocycles. The van der Waals surface area contributed by atoms with Gasteiger partial charge in [-0.15, -0.1) is 0 Å². The third-order valence-corrected chi connectivity index (χ3v) is 6.72. The van der Waals surface area contributed by atoms with Crippen LogP contribution in [0.5, 0.6) is 5.75 Å². The van der Waals surface area contributed by atoms with E-state index in [9.17, 15) is 17.6 Å². The number of amides is 1. The summed E-state index contributed by atoms with van der Waals surface area (Å²) in [6.07, 6.45) is 0.585. The average Bonchev–Trinajstić information content (AvgIpc) is 2.67. The van der Waals surface area contributed by atoms with Crippen LogP contribution in [0.2, 0.25) is 5.02 Å². The molecule has 1 heterocycles. The first-order chi connectivity index (χ1) is 13.8. The highest BCUT2D eigenvalue weighted by atomic mass is 35.5. The molecule has 0 bridgehead atoms. The minimum atomic E-state index is -3.81. The summed E-state index contributed by atoms with van der Waals surface area (Å²) in [6.45, 7) is 0.395. The van der Waals surface area contributed by atoms with E-state index in [4.69, 9.17) is 16.3 Å². The number of nitrogens with one attached hydrogen (secondary N) is 1. The number of carbonyl (C=O) groups is 1. The fraction of sp³-hybridized carbons (Fsp3) is 0.316. The smallest absolute Gasteiger partial charge is 0.282 e. The van der Waals surface area contributed by atoms with Crippen LogP contribution in [0.25, 0.3) is 0 Å². The molecule has 1 N–H and O–H groups in total. The van der Waals surface area contributed by atoms with Crippen molar-refractivity contribution in [2.24, 2.45) is 0 Å². The lowest BCUT2D eigenvalue weighted by atomic mass is 10.2. The van der Waals surface area contributed by atoms with Gasteiger partial charge in [0.15, 0.2) is 0 Å². The molecule has 29 heavy (non-hydrogen) atoms. The molecule has 1 fully saturated rings. The molecule has 0 aromatic heterocycles. The number of anilines is 1. The van der Waals surface area contributed by atoms with Gasteiger partial charge in [0, 0.05) is 25.3 Å². The second-order valence-corrected chi connectivity index (χ2v) is 8.89. The third-order valence-electron chi connectivity index (χ3n) is 4.50. The lowest BCUT2D eigenvalue weighted by Crippen LogP contribution is -2.51. The van der Waals surface area contributed by atoms with Gasteiger partial charge in [-0.2, -0.15) is 17.0 Å². The van der Waals surface area contributed by atoms with E-state index in [-0.39, 0.29) is 25.5 Å². The predicted octanol–water partition coefficient (Wildman–Crippen LogP) is 2.88. The van der Waals surface area contributed by atoms with Crippen molar-refractivity contribution in [1.82, 2.24) is 8.61 Å². The van der Waals surface area contributed by atoms with Crippen LogP contribution in [0.4, 0.5) is 10.1 Å². The standard InChI is InChI=1S/C19H21ClFN3O4S/c1-28-18-8-7-16(11-17(18)20)22-19(25)13-24-10-2-9-23(29(24,26)27)12-14-3-5-15(21)6-4-14/h3-8,11H,2,9-10,12-13H2,1H3,(H,22,25). The van der Waals surface area contributed by atoms with E-state index in [0.29, 0.717) is 35.0 Å². The quantitative estimate of drug-likeness (QED) is 0.747. The van der Waals surface area contributed by atoms with Crippen molar-refractivity contribution >= 4 is 33.4 Å². The first-order valence-electron chi connectivity index (χ1n) is 8.92. The molecule has 0 aliphatic carbocycles. The van der Waals surface area contributed by atoms with Gasteiger partial charge < -0.3 is 10.1 Å². The largest absolute Gasteiger partial charge is 0.495 e. The summed E-state index contributed by atoms with van der Waals surface area (Å²) >= 11 is 6.04. The number of hydrogen-bond acceptors (Lipinski definition) is 4. The zero-order valence-corrected chi connectivity index (χ0v) is 17.3. The number of halogens is 2. The van der Waals surface area contributed by atoms with Crippen molar-refractivity contribution in [2.45, 2.75) is 13.0 Å². The van der Waals surface area contributed by atoms with Crippen LogP contribution in [0, 0.1) is 5.82 Å². The fourth-order valence-corrected chi connectivity index (χ4v) is 4.93. The van der Waals surface area contributed by atoms with Gasteiger partial charge in [-0.25, -0.2) is 4.39 Å². The van der Waals surface area contributed by atoms with Gasteiger partial charge in [0.05, 0.1) is 18.7 Å². The molecule has 0 radical (unpaired) electrons. The Morgan fingerprint density at radius 1 is 1.17 bits per heavy atom. The monoisotopic (exact) mass is 441 g/mol. The van der Waals surface area contributed by atoms with E-state index in [1.165, 1.54) is 29.6 Å². The maximum atomic E-state index is 13.1. The van der Waals surface area contributed by atoms with Crippen LogP contribution in [0.1, 0.15) is 12.0 Å². The van der Waals surface area contributed by atoms with Crippen molar-refractivity contribution in [2.75, 3.05) is 32.1 Å². The summed E-state index contributed by atoms with van der Waals surface area (Å²) in [7, 11) is -2.33. The van der Waals surface area contributed by atoms with Crippen molar-refractivity contribution in [3.8, 4) is 5.75 Å². The fourth-order valence-electron chi connectivity index (χ4n) is 3.04. The highest BCUT2D eigenvalue weighted by molar-refractivity contribution is 7.86. The number of nitrogens with zero attached hydrogens (tertiary/aromatic N) is 2. The molecule has 2 aromatic rings. The number of benzene rings is 2. The molecular weight excluding hydrogens is 421 g/mol. The van der Waals surface area contributed by atoms with Crippen LogP contribution < -0.4 is 10.1 Å². The second kappa shape index (κ2) is 9.08. The SMILES string of the molecule is COc1ccc(NC(=O)CN2CCCN(Cc3ccc(F)cc3)S2(=O)=O)cc1Cl. The molecule has 7 nitrogen and oxygen atoms in total. The molecule has 1 aliphatic rings. The topological polar surface area (TPSA) is 79.0 Å². The van der Waals surface area contributed by atoms with Gasteiger partial charge in [0.25, 0.3) is 10.2 Å². The van der Waals surface area contributed by atoms with Gasteiger partial charge in [0.2, 0.25) is 5.91 Å². The predicted molar refractivity (Wildman–Crippen MR) is 109 cm³/mol. The van der Waals surface area contributed by atoms with Crippen LogP contribution in [0.15, 0.2) is 42.5 Å². The summed E-state index contributed by atoms with van der Waals surface area (Å²) in [5.41, 5.74) is 1.12. The zero-order valence-electron chi connectivity index (χ0n) is 15.8. The minimum Gasteiger partial charge on any atom is -0.495 e. The van der Waals surface area contributed by atoms with Crippen molar-refractivity contribution in [3.63, 3.8) is 0 Å². The Balaban J connectivity index is 1.65. The van der Waals surface area contributed by atoms with Gasteiger partial charge in [0.1, 0.15) is 11.6 Å². The molecule has 1 amide bonds. The van der Waals surface area contributed by atoms with Crippen molar-refractivity contribution in [1.29, 1.82) is 0 Å². The maximum Gasteiger partial charge on any atom is 0.282 e. The lowest BCUT2D eigenvalue weighted by Gasteiger charge is -2.34. The van der Waals surface area contributed by atoms with Crippen LogP contribution in [-0.4, -0.2) is 49.7 Å². The molecule has 0 saturated carbocycles. The Morgan fingerprint density at radius 3 is 2.52 bits per heavy atom. The molecule has 3 rings (SSSR count). The van der Waals surface area contributed by atoms with E-state index >= 15 is 0 Å². The Kier molecular flexibility index (Phi) is 6.74. The number of ether oxygens (including phenoxy) is 1. The van der Waals surface area contributed by atoms with Crippen LogP contribution in [-0.2, 0) is 21.5 Å². The first kappa shape index (κ1) is 21.5. The van der Waals surface area contributed by atoms with Gasteiger partial charge >= 0.3 is 0 Å². The Hall–Kier alpha value is -2.20. The molecule has 0 spiro atoms. The molecule has 0 atom stereocenters. The summed E-state index contributed by atoms with van der Waals surface area (Å²) in [5.74, 6) is -0.384. The normalized spacial score (nSPS) is 17.1. The molecule has 10 heteroatoms. The number of carbonyl (C=O) groups excluding carboxylic acids is 1. The van der Waals surface area contributed by atoms with E-state index in [1.54, 1.807) is 24.3 Å². The van der Waals surface area contributed by atoms with Gasteiger partial charge in [-0.3, -0.25) is 4.79 Å². The molecular formula is C19H21ClFN3O4S. The molecule has 156 valence electrons. The van der Waals surface area contributed by atoms with E-state index < -0.39 is 16.1 Å².